The fourth-order valence-corrected chi connectivity index (χ4v) is 5.57. The number of nitrogens with one attached hydrogen (secondary N) is 2. The molecule has 3 aliphatic rings. The first-order valence-electron chi connectivity index (χ1n) is 11.5. The van der Waals surface area contributed by atoms with Crippen LogP contribution in [0.2, 0.25) is 0 Å². The summed E-state index contributed by atoms with van der Waals surface area (Å²) < 4.78 is 0. The number of nitrogens with zero attached hydrogens (tertiary/aromatic N) is 1. The molecule has 2 atom stereocenters. The van der Waals surface area contributed by atoms with E-state index >= 15 is 0 Å². The first-order chi connectivity index (χ1) is 15.2. The van der Waals surface area contributed by atoms with Gasteiger partial charge in [0.15, 0.2) is 6.67 Å². The molecule has 2 aliphatic heterocycles. The van der Waals surface area contributed by atoms with E-state index in [1.54, 1.807) is 9.80 Å². The summed E-state index contributed by atoms with van der Waals surface area (Å²) in [6.07, 6.45) is 5.54. The molecule has 0 bridgehead atoms. The fourth-order valence-electron chi connectivity index (χ4n) is 5.57. The van der Waals surface area contributed by atoms with Crippen LogP contribution in [0.15, 0.2) is 72.8 Å². The molecule has 2 aromatic carbocycles. The highest BCUT2D eigenvalue weighted by Gasteiger charge is 2.48. The number of carbonyl (C=O) groups excluding carboxylic acids is 2. The Morgan fingerprint density at radius 2 is 1.23 bits per heavy atom. The molecule has 0 aromatic heterocycles. The van der Waals surface area contributed by atoms with Crippen LogP contribution in [0.5, 0.6) is 0 Å². The number of likely N-dealkylation sites (tertiary alicyclic amines) is 1. The van der Waals surface area contributed by atoms with E-state index in [1.807, 2.05) is 0 Å². The Balaban J connectivity index is 1.26. The van der Waals surface area contributed by atoms with Gasteiger partial charge in [0.1, 0.15) is 32.2 Å². The largest absolute Gasteiger partial charge is 0.316 e. The zero-order chi connectivity index (χ0) is 21.2. The molecule has 2 heterocycles. The lowest BCUT2D eigenvalue weighted by atomic mass is 9.85. The topological polar surface area (TPSA) is 46.3 Å². The van der Waals surface area contributed by atoms with Crippen molar-refractivity contribution in [3.63, 3.8) is 0 Å². The molecular weight excluding hydrogens is 386 g/mol. The molecule has 0 unspecified atom stereocenters. The molecule has 2 N–H and O–H groups in total. The van der Waals surface area contributed by atoms with Crippen LogP contribution in [0.1, 0.15) is 30.0 Å². The van der Waals surface area contributed by atoms with Crippen LogP contribution in [-0.2, 0) is 9.59 Å². The lowest BCUT2D eigenvalue weighted by Crippen LogP contribution is -3.28. The molecule has 1 aliphatic carbocycles. The minimum atomic E-state index is -0.121. The molecule has 160 valence electrons. The molecule has 2 saturated heterocycles. The molecule has 2 fully saturated rings. The van der Waals surface area contributed by atoms with Gasteiger partial charge < -0.3 is 9.80 Å². The maximum absolute atomic E-state index is 12.8. The molecule has 2 amide bonds. The highest BCUT2D eigenvalue weighted by atomic mass is 16.2. The van der Waals surface area contributed by atoms with E-state index in [2.05, 4.69) is 72.8 Å². The van der Waals surface area contributed by atoms with Gasteiger partial charge in [0, 0.05) is 11.1 Å². The quantitative estimate of drug-likeness (QED) is 0.549. The van der Waals surface area contributed by atoms with E-state index in [0.29, 0.717) is 12.7 Å². The van der Waals surface area contributed by atoms with Gasteiger partial charge >= 0.3 is 0 Å². The van der Waals surface area contributed by atoms with Gasteiger partial charge in [-0.05, 0) is 12.8 Å². The average Bonchev–Trinajstić information content (AvgIpc) is 3.07. The fraction of sp³-hybridized carbons (Fsp3) is 0.385. The monoisotopic (exact) mass is 417 g/mol. The van der Waals surface area contributed by atoms with Gasteiger partial charge in [-0.2, -0.15) is 0 Å². The van der Waals surface area contributed by atoms with Crippen molar-refractivity contribution < 1.29 is 19.4 Å². The van der Waals surface area contributed by atoms with Gasteiger partial charge in [-0.25, -0.2) is 4.90 Å². The second-order valence-corrected chi connectivity index (χ2v) is 9.08. The summed E-state index contributed by atoms with van der Waals surface area (Å²) in [6.45, 7) is 4.51. The Hall–Kier alpha value is -2.76. The Bertz CT molecular complexity index is 886. The van der Waals surface area contributed by atoms with Crippen LogP contribution in [0.25, 0.3) is 0 Å². The molecule has 0 spiro atoms. The number of hydrogen-bond donors (Lipinski definition) is 2. The molecule has 0 saturated carbocycles. The number of quaternary nitrogens is 2. The summed E-state index contributed by atoms with van der Waals surface area (Å²) >= 11 is 0. The first kappa shape index (κ1) is 20.2. The third-order valence-electron chi connectivity index (χ3n) is 7.25. The number of piperazine rings is 1. The van der Waals surface area contributed by atoms with Crippen molar-refractivity contribution in [3.05, 3.63) is 83.9 Å². The van der Waals surface area contributed by atoms with Crippen molar-refractivity contribution in [2.24, 2.45) is 11.8 Å². The van der Waals surface area contributed by atoms with E-state index in [4.69, 9.17) is 0 Å². The molecule has 5 rings (SSSR count). The lowest BCUT2D eigenvalue weighted by molar-refractivity contribution is -1.03. The average molecular weight is 418 g/mol. The van der Waals surface area contributed by atoms with E-state index in [9.17, 15) is 9.59 Å². The van der Waals surface area contributed by atoms with Crippen molar-refractivity contribution in [1.82, 2.24) is 4.90 Å². The highest BCUT2D eigenvalue weighted by Crippen LogP contribution is 2.34. The van der Waals surface area contributed by atoms with Crippen molar-refractivity contribution in [2.45, 2.75) is 18.9 Å². The van der Waals surface area contributed by atoms with Crippen LogP contribution >= 0.6 is 0 Å². The van der Waals surface area contributed by atoms with Crippen LogP contribution < -0.4 is 9.80 Å². The Labute approximate surface area is 183 Å². The number of fused-ring (bicyclic) bond motifs is 1. The van der Waals surface area contributed by atoms with Gasteiger partial charge in [0.25, 0.3) is 0 Å². The maximum Gasteiger partial charge on any atom is 0.237 e. The molecule has 5 nitrogen and oxygen atoms in total. The number of carbonyl (C=O) groups is 2. The third kappa shape index (κ3) is 3.95. The number of rotatable bonds is 5. The second-order valence-electron chi connectivity index (χ2n) is 9.08. The molecule has 31 heavy (non-hydrogen) atoms. The van der Waals surface area contributed by atoms with Crippen LogP contribution in [0.3, 0.4) is 0 Å². The number of hydrogen-bond acceptors (Lipinski definition) is 2. The predicted molar refractivity (Wildman–Crippen MR) is 118 cm³/mol. The third-order valence-corrected chi connectivity index (χ3v) is 7.25. The number of amides is 2. The second kappa shape index (κ2) is 8.77. The summed E-state index contributed by atoms with van der Waals surface area (Å²) in [7, 11) is 0. The van der Waals surface area contributed by atoms with Crippen LogP contribution in [-0.4, -0.2) is 49.6 Å². The summed E-state index contributed by atoms with van der Waals surface area (Å²) in [5.41, 5.74) is 2.68. The Kier molecular flexibility index (Phi) is 5.70. The van der Waals surface area contributed by atoms with Gasteiger partial charge in [-0.15, -0.1) is 0 Å². The van der Waals surface area contributed by atoms with Crippen molar-refractivity contribution >= 4 is 11.8 Å². The highest BCUT2D eigenvalue weighted by molar-refractivity contribution is 6.05. The first-order valence-corrected chi connectivity index (χ1v) is 11.5. The van der Waals surface area contributed by atoms with E-state index < -0.39 is 0 Å². The van der Waals surface area contributed by atoms with E-state index in [-0.39, 0.29) is 23.7 Å². The normalized spacial score (nSPS) is 28.2. The molecule has 2 aromatic rings. The smallest absolute Gasteiger partial charge is 0.237 e. The van der Waals surface area contributed by atoms with E-state index in [0.717, 1.165) is 39.0 Å². The van der Waals surface area contributed by atoms with Gasteiger partial charge in [0.2, 0.25) is 11.8 Å². The minimum Gasteiger partial charge on any atom is -0.316 e. The number of benzene rings is 2. The van der Waals surface area contributed by atoms with Crippen molar-refractivity contribution in [2.75, 3.05) is 32.8 Å². The lowest BCUT2D eigenvalue weighted by Gasteiger charge is -2.36. The molecular formula is C26H31N3O2+2. The van der Waals surface area contributed by atoms with Gasteiger partial charge in [0.05, 0.1) is 11.8 Å². The summed E-state index contributed by atoms with van der Waals surface area (Å²) in [6, 6.07) is 21.8. The van der Waals surface area contributed by atoms with Crippen LogP contribution in [0.4, 0.5) is 0 Å². The van der Waals surface area contributed by atoms with E-state index in [1.165, 1.54) is 16.0 Å². The number of allylic oxidation sites excluding steroid dienone is 2. The predicted octanol–water partition coefficient (Wildman–Crippen LogP) is 0.468. The van der Waals surface area contributed by atoms with Crippen molar-refractivity contribution in [3.8, 4) is 0 Å². The Morgan fingerprint density at radius 3 is 1.71 bits per heavy atom. The molecule has 5 heteroatoms. The summed E-state index contributed by atoms with van der Waals surface area (Å²) in [5.74, 6) is -0.144. The van der Waals surface area contributed by atoms with Crippen LogP contribution in [0, 0.1) is 11.8 Å². The SMILES string of the molecule is O=C1[C@H]2CC=CC[C@H]2C(=O)N1C[NH+]1CC[NH+](C(c2ccccc2)c2ccccc2)CC1. The number of imide groups is 1. The maximum atomic E-state index is 12.8. The Morgan fingerprint density at radius 1 is 0.742 bits per heavy atom. The van der Waals surface area contributed by atoms with Gasteiger partial charge in [-0.3, -0.25) is 9.59 Å². The standard InChI is InChI=1S/C26H29N3O2/c30-25-22-13-7-8-14-23(22)26(31)29(25)19-27-15-17-28(18-16-27)24(20-9-3-1-4-10-20)21-11-5-2-6-12-21/h1-12,22-24H,13-19H2/p+2/t22-,23+. The van der Waals surface area contributed by atoms with Crippen molar-refractivity contribution in [1.29, 1.82) is 0 Å². The summed E-state index contributed by atoms with van der Waals surface area (Å²) in [5, 5.41) is 0. The molecule has 0 radical (unpaired) electrons. The minimum absolute atomic E-state index is 0.0491. The zero-order valence-electron chi connectivity index (χ0n) is 17.9. The van der Waals surface area contributed by atoms with Gasteiger partial charge in [-0.1, -0.05) is 72.8 Å². The zero-order valence-corrected chi connectivity index (χ0v) is 17.9. The summed E-state index contributed by atoms with van der Waals surface area (Å²) in [4.78, 5) is 30.1.